The zero-order chi connectivity index (χ0) is 18.6. The van der Waals surface area contributed by atoms with Crippen LogP contribution in [-0.4, -0.2) is 47.8 Å². The van der Waals surface area contributed by atoms with Gasteiger partial charge in [0.2, 0.25) is 0 Å². The first-order valence-electron chi connectivity index (χ1n) is 7.75. The first-order valence-corrected chi connectivity index (χ1v) is 8.13. The van der Waals surface area contributed by atoms with Gasteiger partial charge < -0.3 is 15.3 Å². The van der Waals surface area contributed by atoms with E-state index >= 15 is 0 Å². The number of urea groups is 1. The predicted molar refractivity (Wildman–Crippen MR) is 85.4 cm³/mol. The van der Waals surface area contributed by atoms with Crippen molar-refractivity contribution in [1.82, 2.24) is 10.2 Å². The average Bonchev–Trinajstić information content (AvgIpc) is 2.99. The lowest BCUT2D eigenvalue weighted by Gasteiger charge is -2.18. The molecule has 1 aliphatic heterocycles. The number of amides is 2. The number of benzene rings is 1. The standard InChI is InChI=1S/C16H18ClF3N2O3/c17-11-5-3-10(4-6-11)2-1-7-21-15(25)22-8-12(14(23)24)13(9-22)16(18,19)20/h3-6,12-13H,1-2,7-9H2,(H,21,25)(H,23,24)/t12-,13-/m1/s1. The van der Waals surface area contributed by atoms with E-state index < -0.39 is 43.1 Å². The molecule has 0 aromatic heterocycles. The number of rotatable bonds is 5. The van der Waals surface area contributed by atoms with Gasteiger partial charge in [-0.25, -0.2) is 4.79 Å². The number of nitrogens with one attached hydrogen (secondary N) is 1. The normalized spacial score (nSPS) is 20.6. The smallest absolute Gasteiger partial charge is 0.394 e. The second kappa shape index (κ2) is 7.95. The molecule has 0 bridgehead atoms. The molecule has 0 spiro atoms. The summed E-state index contributed by atoms with van der Waals surface area (Å²) in [6.45, 7) is -0.793. The summed E-state index contributed by atoms with van der Waals surface area (Å²) >= 11 is 5.78. The van der Waals surface area contributed by atoms with Gasteiger partial charge in [0.25, 0.3) is 0 Å². The average molecular weight is 379 g/mol. The molecule has 1 aliphatic rings. The van der Waals surface area contributed by atoms with Crippen LogP contribution in [0.2, 0.25) is 5.02 Å². The van der Waals surface area contributed by atoms with Gasteiger partial charge in [0, 0.05) is 24.7 Å². The number of carboxylic acids is 1. The van der Waals surface area contributed by atoms with Gasteiger partial charge in [-0.15, -0.1) is 0 Å². The van der Waals surface area contributed by atoms with E-state index in [2.05, 4.69) is 5.32 Å². The maximum atomic E-state index is 12.9. The number of hydrogen-bond acceptors (Lipinski definition) is 2. The van der Waals surface area contributed by atoms with Gasteiger partial charge in [0.1, 0.15) is 0 Å². The first-order chi connectivity index (χ1) is 11.7. The number of alkyl halides is 3. The van der Waals surface area contributed by atoms with Crippen LogP contribution < -0.4 is 5.32 Å². The lowest BCUT2D eigenvalue weighted by Crippen LogP contribution is -2.40. The molecule has 0 unspecified atom stereocenters. The van der Waals surface area contributed by atoms with Gasteiger partial charge >= 0.3 is 18.2 Å². The Morgan fingerprint density at radius 2 is 1.88 bits per heavy atom. The monoisotopic (exact) mass is 378 g/mol. The van der Waals surface area contributed by atoms with E-state index in [1.54, 1.807) is 12.1 Å². The van der Waals surface area contributed by atoms with Gasteiger partial charge in [0.05, 0.1) is 11.8 Å². The quantitative estimate of drug-likeness (QED) is 0.773. The van der Waals surface area contributed by atoms with E-state index in [0.717, 1.165) is 10.5 Å². The van der Waals surface area contributed by atoms with Crippen molar-refractivity contribution in [2.75, 3.05) is 19.6 Å². The van der Waals surface area contributed by atoms with Crippen LogP contribution in [0.5, 0.6) is 0 Å². The SMILES string of the molecule is O=C(O)[C@@H]1CN(C(=O)NCCCc2ccc(Cl)cc2)C[C@H]1C(F)(F)F. The Morgan fingerprint density at radius 3 is 2.40 bits per heavy atom. The molecular weight excluding hydrogens is 361 g/mol. The number of likely N-dealkylation sites (tertiary alicyclic amines) is 1. The summed E-state index contributed by atoms with van der Waals surface area (Å²) in [5.74, 6) is -5.20. The van der Waals surface area contributed by atoms with Crippen LogP contribution >= 0.6 is 11.6 Å². The van der Waals surface area contributed by atoms with E-state index in [4.69, 9.17) is 16.7 Å². The van der Waals surface area contributed by atoms with Crippen LogP contribution in [0, 0.1) is 11.8 Å². The summed E-state index contributed by atoms with van der Waals surface area (Å²) in [4.78, 5) is 23.9. The number of hydrogen-bond donors (Lipinski definition) is 2. The highest BCUT2D eigenvalue weighted by Gasteiger charge is 2.53. The third kappa shape index (κ3) is 5.26. The van der Waals surface area contributed by atoms with Gasteiger partial charge in [-0.1, -0.05) is 23.7 Å². The molecule has 2 amide bonds. The summed E-state index contributed by atoms with van der Waals surface area (Å²) in [7, 11) is 0. The molecule has 2 rings (SSSR count). The molecule has 1 heterocycles. The van der Waals surface area contributed by atoms with Crippen molar-refractivity contribution in [2.24, 2.45) is 11.8 Å². The first kappa shape index (κ1) is 19.4. The highest BCUT2D eigenvalue weighted by atomic mass is 35.5. The summed E-state index contributed by atoms with van der Waals surface area (Å²) in [6, 6.07) is 6.55. The van der Waals surface area contributed by atoms with Crippen molar-refractivity contribution in [3.63, 3.8) is 0 Å². The van der Waals surface area contributed by atoms with Gasteiger partial charge in [-0.3, -0.25) is 4.79 Å². The number of nitrogens with zero attached hydrogens (tertiary/aromatic N) is 1. The Morgan fingerprint density at radius 1 is 1.24 bits per heavy atom. The Kier molecular flexibility index (Phi) is 6.16. The molecule has 9 heteroatoms. The molecule has 0 radical (unpaired) electrons. The molecule has 138 valence electrons. The van der Waals surface area contributed by atoms with Crippen molar-refractivity contribution >= 4 is 23.6 Å². The third-order valence-electron chi connectivity index (χ3n) is 4.18. The fourth-order valence-corrected chi connectivity index (χ4v) is 2.93. The van der Waals surface area contributed by atoms with Crippen LogP contribution in [0.1, 0.15) is 12.0 Å². The van der Waals surface area contributed by atoms with Gasteiger partial charge in [0.15, 0.2) is 0 Å². The molecule has 1 aromatic carbocycles. The number of halogens is 4. The minimum Gasteiger partial charge on any atom is -0.481 e. The molecule has 2 N–H and O–H groups in total. The molecule has 1 fully saturated rings. The van der Waals surface area contributed by atoms with E-state index in [9.17, 15) is 22.8 Å². The van der Waals surface area contributed by atoms with Crippen molar-refractivity contribution in [1.29, 1.82) is 0 Å². The Labute approximate surface area is 147 Å². The molecular formula is C16H18ClF3N2O3. The number of aryl methyl sites for hydroxylation is 1. The zero-order valence-electron chi connectivity index (χ0n) is 13.2. The summed E-state index contributed by atoms with van der Waals surface area (Å²) in [6.07, 6.45) is -3.36. The molecule has 0 aliphatic carbocycles. The maximum Gasteiger partial charge on any atom is 0.394 e. The maximum absolute atomic E-state index is 12.9. The Bertz CT molecular complexity index is 622. The third-order valence-corrected chi connectivity index (χ3v) is 4.43. The Balaban J connectivity index is 1.80. The highest BCUT2D eigenvalue weighted by molar-refractivity contribution is 6.30. The fourth-order valence-electron chi connectivity index (χ4n) is 2.80. The van der Waals surface area contributed by atoms with Crippen LogP contribution in [0.4, 0.5) is 18.0 Å². The second-order valence-corrected chi connectivity index (χ2v) is 6.40. The summed E-state index contributed by atoms with van der Waals surface area (Å²) in [5.41, 5.74) is 1.03. The number of carbonyl (C=O) groups is 2. The summed E-state index contributed by atoms with van der Waals surface area (Å²) < 4.78 is 38.7. The predicted octanol–water partition coefficient (Wildman–Crippen LogP) is 3.18. The van der Waals surface area contributed by atoms with Crippen LogP contribution in [0.15, 0.2) is 24.3 Å². The molecule has 5 nitrogen and oxygen atoms in total. The molecule has 2 atom stereocenters. The van der Waals surface area contributed by atoms with Crippen LogP contribution in [0.3, 0.4) is 0 Å². The van der Waals surface area contributed by atoms with Crippen molar-refractivity contribution in [3.05, 3.63) is 34.9 Å². The number of carbonyl (C=O) groups excluding carboxylic acids is 1. The van der Waals surface area contributed by atoms with Crippen molar-refractivity contribution < 1.29 is 27.9 Å². The van der Waals surface area contributed by atoms with E-state index in [0.29, 0.717) is 17.9 Å². The number of aliphatic carboxylic acids is 1. The highest BCUT2D eigenvalue weighted by Crippen LogP contribution is 2.37. The van der Waals surface area contributed by atoms with Crippen molar-refractivity contribution in [3.8, 4) is 0 Å². The molecule has 25 heavy (non-hydrogen) atoms. The van der Waals surface area contributed by atoms with E-state index in [-0.39, 0.29) is 6.54 Å². The lowest BCUT2D eigenvalue weighted by molar-refractivity contribution is -0.187. The lowest BCUT2D eigenvalue weighted by atomic mass is 9.96. The van der Waals surface area contributed by atoms with Crippen LogP contribution in [-0.2, 0) is 11.2 Å². The Hall–Kier alpha value is -1.96. The summed E-state index contributed by atoms with van der Waals surface area (Å²) in [5, 5.41) is 12.1. The second-order valence-electron chi connectivity index (χ2n) is 5.96. The van der Waals surface area contributed by atoms with Crippen molar-refractivity contribution in [2.45, 2.75) is 19.0 Å². The largest absolute Gasteiger partial charge is 0.481 e. The van der Waals surface area contributed by atoms with Gasteiger partial charge in [-0.05, 0) is 30.5 Å². The minimum atomic E-state index is -4.65. The molecule has 1 saturated heterocycles. The minimum absolute atomic E-state index is 0.284. The molecule has 0 saturated carbocycles. The number of carboxylic acid groups (broad SMARTS) is 1. The fraction of sp³-hybridized carbons (Fsp3) is 0.500. The van der Waals surface area contributed by atoms with Gasteiger partial charge in [-0.2, -0.15) is 13.2 Å². The van der Waals surface area contributed by atoms with E-state index in [1.165, 1.54) is 0 Å². The zero-order valence-corrected chi connectivity index (χ0v) is 14.0. The topological polar surface area (TPSA) is 69.6 Å². The van der Waals surface area contributed by atoms with E-state index in [1.807, 2.05) is 12.1 Å². The van der Waals surface area contributed by atoms with Crippen LogP contribution in [0.25, 0.3) is 0 Å². The molecule has 1 aromatic rings.